The van der Waals surface area contributed by atoms with Gasteiger partial charge in [-0.25, -0.2) is 9.78 Å². The first kappa shape index (κ1) is 16.1. The molecule has 0 aliphatic carbocycles. The van der Waals surface area contributed by atoms with Crippen LogP contribution in [0.5, 0.6) is 0 Å². The normalized spacial score (nSPS) is 10.9. The summed E-state index contributed by atoms with van der Waals surface area (Å²) < 4.78 is 5.16. The summed E-state index contributed by atoms with van der Waals surface area (Å²) in [7, 11) is 0. The number of benzene rings is 1. The highest BCUT2D eigenvalue weighted by atomic mass is 32.1. The first-order chi connectivity index (χ1) is 11.8. The van der Waals surface area contributed by atoms with Gasteiger partial charge in [-0.15, -0.1) is 11.3 Å². The van der Waals surface area contributed by atoms with Crippen LogP contribution in [0.1, 0.15) is 27.2 Å². The summed E-state index contributed by atoms with van der Waals surface area (Å²) in [6.07, 6.45) is 7.31. The van der Waals surface area contributed by atoms with Crippen LogP contribution in [-0.4, -0.2) is 22.5 Å². The van der Waals surface area contributed by atoms with E-state index < -0.39 is 0 Å². The first-order valence-electron chi connectivity index (χ1n) is 7.59. The van der Waals surface area contributed by atoms with Crippen molar-refractivity contribution in [3.05, 3.63) is 70.3 Å². The molecule has 2 aromatic heterocycles. The predicted octanol–water partition coefficient (Wildman–Crippen LogP) is 4.55. The average Bonchev–Trinajstić information content (AvgIpc) is 3.06. The van der Waals surface area contributed by atoms with Crippen molar-refractivity contribution < 1.29 is 9.53 Å². The molecule has 0 spiro atoms. The fourth-order valence-corrected chi connectivity index (χ4v) is 3.06. The van der Waals surface area contributed by atoms with Crippen LogP contribution in [0.4, 0.5) is 0 Å². The molecule has 0 radical (unpaired) electrons. The van der Waals surface area contributed by atoms with Crippen molar-refractivity contribution in [2.45, 2.75) is 6.92 Å². The Balaban J connectivity index is 1.97. The van der Waals surface area contributed by atoms with Gasteiger partial charge in [-0.05, 0) is 24.6 Å². The van der Waals surface area contributed by atoms with E-state index in [2.05, 4.69) is 9.97 Å². The molecule has 0 aliphatic rings. The second kappa shape index (κ2) is 7.66. The van der Waals surface area contributed by atoms with Crippen LogP contribution in [0.15, 0.2) is 54.9 Å². The van der Waals surface area contributed by atoms with Crippen LogP contribution in [0, 0.1) is 0 Å². The van der Waals surface area contributed by atoms with Gasteiger partial charge in [0.1, 0.15) is 9.88 Å². The van der Waals surface area contributed by atoms with E-state index in [0.717, 1.165) is 16.1 Å². The van der Waals surface area contributed by atoms with E-state index in [1.54, 1.807) is 19.3 Å². The molecule has 120 valence electrons. The number of hydrogen-bond donors (Lipinski definition) is 0. The number of thiazole rings is 1. The highest BCUT2D eigenvalue weighted by Crippen LogP contribution is 2.30. The minimum Gasteiger partial charge on any atom is -0.462 e. The second-order valence-electron chi connectivity index (χ2n) is 4.94. The molecule has 0 saturated heterocycles. The van der Waals surface area contributed by atoms with Gasteiger partial charge < -0.3 is 4.74 Å². The molecular weight excluding hydrogens is 320 g/mol. The molecule has 3 aromatic rings. The zero-order valence-electron chi connectivity index (χ0n) is 13.2. The summed E-state index contributed by atoms with van der Waals surface area (Å²) in [5, 5.41) is 0.751. The lowest BCUT2D eigenvalue weighted by Crippen LogP contribution is -2.03. The Hall–Kier alpha value is -2.79. The lowest BCUT2D eigenvalue weighted by Gasteiger charge is -2.01. The lowest BCUT2D eigenvalue weighted by atomic mass is 10.1. The Bertz CT molecular complexity index is 842. The summed E-state index contributed by atoms with van der Waals surface area (Å²) in [5.74, 6) is -0.338. The van der Waals surface area contributed by atoms with Gasteiger partial charge >= 0.3 is 5.97 Å². The maximum absolute atomic E-state index is 12.2. The predicted molar refractivity (Wildman–Crippen MR) is 96.7 cm³/mol. The Morgan fingerprint density at radius 2 is 2.00 bits per heavy atom. The molecule has 2 heterocycles. The fraction of sp³-hybridized carbons (Fsp3) is 0.105. The number of hydrogen-bond acceptors (Lipinski definition) is 5. The van der Waals surface area contributed by atoms with Gasteiger partial charge in [0.15, 0.2) is 0 Å². The Labute approximate surface area is 144 Å². The minimum absolute atomic E-state index is 0.338. The molecule has 24 heavy (non-hydrogen) atoms. The summed E-state index contributed by atoms with van der Waals surface area (Å²) in [6.45, 7) is 2.14. The quantitative estimate of drug-likeness (QED) is 0.641. The first-order valence-corrected chi connectivity index (χ1v) is 8.41. The molecule has 5 heteroatoms. The largest absolute Gasteiger partial charge is 0.462 e. The summed E-state index contributed by atoms with van der Waals surface area (Å²) in [4.78, 5) is 21.4. The zero-order valence-corrected chi connectivity index (χ0v) is 14.0. The third-order valence-corrected chi connectivity index (χ3v) is 4.26. The van der Waals surface area contributed by atoms with Crippen molar-refractivity contribution in [2.24, 2.45) is 0 Å². The van der Waals surface area contributed by atoms with Crippen molar-refractivity contribution in [2.75, 3.05) is 6.61 Å². The van der Waals surface area contributed by atoms with Crippen molar-refractivity contribution in [3.63, 3.8) is 0 Å². The molecule has 0 atom stereocenters. The summed E-state index contributed by atoms with van der Waals surface area (Å²) >= 11 is 1.33. The van der Waals surface area contributed by atoms with Crippen molar-refractivity contribution >= 4 is 29.5 Å². The van der Waals surface area contributed by atoms with Crippen LogP contribution < -0.4 is 0 Å². The number of aromatic nitrogens is 2. The van der Waals surface area contributed by atoms with Gasteiger partial charge in [0.05, 0.1) is 12.3 Å². The molecular formula is C19H16N2O2S. The Kier molecular flexibility index (Phi) is 5.13. The number of esters is 1. The van der Waals surface area contributed by atoms with E-state index in [1.165, 1.54) is 11.3 Å². The monoisotopic (exact) mass is 336 g/mol. The summed E-state index contributed by atoms with van der Waals surface area (Å²) in [6, 6.07) is 13.5. The molecule has 0 N–H and O–H groups in total. The van der Waals surface area contributed by atoms with Crippen LogP contribution in [-0.2, 0) is 4.74 Å². The minimum atomic E-state index is -0.338. The maximum atomic E-state index is 12.2. The molecule has 0 amide bonds. The van der Waals surface area contributed by atoms with E-state index in [1.807, 2.05) is 54.6 Å². The smallest absolute Gasteiger partial charge is 0.350 e. The lowest BCUT2D eigenvalue weighted by molar-refractivity contribution is 0.0532. The molecule has 0 bridgehead atoms. The molecule has 3 rings (SSSR count). The zero-order chi connectivity index (χ0) is 16.8. The topological polar surface area (TPSA) is 52.1 Å². The number of ether oxygens (including phenoxy) is 1. The van der Waals surface area contributed by atoms with Crippen LogP contribution in [0.2, 0.25) is 0 Å². The van der Waals surface area contributed by atoms with Gasteiger partial charge in [0.2, 0.25) is 0 Å². The van der Waals surface area contributed by atoms with E-state index in [-0.39, 0.29) is 5.97 Å². The highest BCUT2D eigenvalue weighted by molar-refractivity contribution is 7.15. The number of rotatable bonds is 5. The van der Waals surface area contributed by atoms with Gasteiger partial charge in [-0.2, -0.15) is 0 Å². The third-order valence-electron chi connectivity index (χ3n) is 3.25. The van der Waals surface area contributed by atoms with E-state index in [9.17, 15) is 4.79 Å². The van der Waals surface area contributed by atoms with Gasteiger partial charge in [-0.1, -0.05) is 42.5 Å². The maximum Gasteiger partial charge on any atom is 0.350 e. The van der Waals surface area contributed by atoms with Crippen molar-refractivity contribution in [3.8, 4) is 11.3 Å². The van der Waals surface area contributed by atoms with Gasteiger partial charge in [0.25, 0.3) is 0 Å². The van der Waals surface area contributed by atoms with Crippen LogP contribution >= 0.6 is 11.3 Å². The second-order valence-corrected chi connectivity index (χ2v) is 5.97. The molecule has 4 nitrogen and oxygen atoms in total. The standard InChI is InChI=1S/C19H16N2O2S/c1-2-23-19(22)18-17(15-8-4-3-5-9-15)21-16(24-18)11-10-14-7-6-12-20-13-14/h3-13H,2H2,1H3. The number of nitrogens with zero attached hydrogens (tertiary/aromatic N) is 2. The molecule has 1 aromatic carbocycles. The van der Waals surface area contributed by atoms with Crippen LogP contribution in [0.25, 0.3) is 23.4 Å². The van der Waals surface area contributed by atoms with Crippen molar-refractivity contribution in [1.29, 1.82) is 0 Å². The summed E-state index contributed by atoms with van der Waals surface area (Å²) in [5.41, 5.74) is 2.54. The van der Waals surface area contributed by atoms with Gasteiger partial charge in [-0.3, -0.25) is 4.98 Å². The van der Waals surface area contributed by atoms with Crippen molar-refractivity contribution in [1.82, 2.24) is 9.97 Å². The van der Waals surface area contributed by atoms with E-state index in [4.69, 9.17) is 4.74 Å². The SMILES string of the molecule is CCOC(=O)c1sc(C=Cc2cccnc2)nc1-c1ccccc1. The molecule has 0 saturated carbocycles. The van der Waals surface area contributed by atoms with E-state index >= 15 is 0 Å². The number of pyridine rings is 1. The molecule has 0 unspecified atom stereocenters. The van der Waals surface area contributed by atoms with Gasteiger partial charge in [0, 0.05) is 18.0 Å². The number of carbonyl (C=O) groups excluding carboxylic acids is 1. The fourth-order valence-electron chi connectivity index (χ4n) is 2.18. The van der Waals surface area contributed by atoms with Crippen LogP contribution in [0.3, 0.4) is 0 Å². The van der Waals surface area contributed by atoms with E-state index in [0.29, 0.717) is 17.2 Å². The molecule has 0 aliphatic heterocycles. The third kappa shape index (κ3) is 3.75. The Morgan fingerprint density at radius 3 is 2.71 bits per heavy atom. The molecule has 0 fully saturated rings. The highest BCUT2D eigenvalue weighted by Gasteiger charge is 2.19. The Morgan fingerprint density at radius 1 is 1.17 bits per heavy atom. The average molecular weight is 336 g/mol. The number of carbonyl (C=O) groups is 1.